The standard InChI is InChI=1S/C19H21N3O4S2/c23-17(11-21-6-1-2-7-21)20-5-8-22-18(24)16(28-19(22)27)10-13-3-4-14-15(9-13)26-12-25-14/h3-4,9-10H,1-2,5-8,11-12H2,(H,20,23)/b16-10+. The second-order valence-corrected chi connectivity index (χ2v) is 8.46. The maximum absolute atomic E-state index is 12.7. The average Bonchev–Trinajstić information content (AvgIpc) is 3.39. The fraction of sp³-hybridized carbons (Fsp3) is 0.421. The lowest BCUT2D eigenvalue weighted by molar-refractivity contribution is -0.124. The molecule has 3 aliphatic rings. The summed E-state index contributed by atoms with van der Waals surface area (Å²) in [4.78, 5) is 28.9. The summed E-state index contributed by atoms with van der Waals surface area (Å²) in [5, 5.41) is 2.88. The number of nitrogens with one attached hydrogen (secondary N) is 1. The van der Waals surface area contributed by atoms with Crippen LogP contribution in [-0.2, 0) is 9.59 Å². The van der Waals surface area contributed by atoms with Crippen molar-refractivity contribution >= 4 is 46.2 Å². The van der Waals surface area contributed by atoms with Gasteiger partial charge in [-0.15, -0.1) is 0 Å². The highest BCUT2D eigenvalue weighted by Crippen LogP contribution is 2.36. The predicted molar refractivity (Wildman–Crippen MR) is 111 cm³/mol. The van der Waals surface area contributed by atoms with Gasteiger partial charge in [-0.1, -0.05) is 30.0 Å². The molecule has 4 rings (SSSR count). The molecule has 0 radical (unpaired) electrons. The third-order valence-electron chi connectivity index (χ3n) is 4.79. The van der Waals surface area contributed by atoms with Crippen molar-refractivity contribution in [2.24, 2.45) is 0 Å². The Morgan fingerprint density at radius 1 is 1.25 bits per heavy atom. The maximum Gasteiger partial charge on any atom is 0.266 e. The number of hydrogen-bond acceptors (Lipinski definition) is 7. The molecule has 0 aromatic heterocycles. The Balaban J connectivity index is 1.31. The Morgan fingerprint density at radius 2 is 2.04 bits per heavy atom. The van der Waals surface area contributed by atoms with Crippen molar-refractivity contribution in [1.29, 1.82) is 0 Å². The Bertz CT molecular complexity index is 836. The van der Waals surface area contributed by atoms with Gasteiger partial charge in [0.1, 0.15) is 4.32 Å². The Morgan fingerprint density at radius 3 is 2.86 bits per heavy atom. The van der Waals surface area contributed by atoms with E-state index in [0.29, 0.717) is 40.4 Å². The minimum absolute atomic E-state index is 0.0109. The van der Waals surface area contributed by atoms with E-state index < -0.39 is 0 Å². The molecule has 2 amide bonds. The largest absolute Gasteiger partial charge is 0.454 e. The number of thiocarbonyl (C=S) groups is 1. The molecule has 2 fully saturated rings. The van der Waals surface area contributed by atoms with Crippen LogP contribution in [0.3, 0.4) is 0 Å². The molecule has 1 N–H and O–H groups in total. The SMILES string of the molecule is O=C(CN1CCCC1)NCCN1C(=O)/C(=C\c2ccc3c(c2)OCO3)SC1=S. The van der Waals surface area contributed by atoms with Crippen LogP contribution in [0.5, 0.6) is 11.5 Å². The number of carbonyl (C=O) groups is 2. The first-order chi connectivity index (χ1) is 13.6. The normalized spacial score (nSPS) is 20.4. The van der Waals surface area contributed by atoms with E-state index in [1.54, 1.807) is 6.08 Å². The van der Waals surface area contributed by atoms with Gasteiger partial charge < -0.3 is 14.8 Å². The fourth-order valence-electron chi connectivity index (χ4n) is 3.35. The van der Waals surface area contributed by atoms with Gasteiger partial charge in [-0.25, -0.2) is 0 Å². The molecule has 148 valence electrons. The zero-order valence-electron chi connectivity index (χ0n) is 15.3. The highest BCUT2D eigenvalue weighted by atomic mass is 32.2. The van der Waals surface area contributed by atoms with Gasteiger partial charge in [0, 0.05) is 13.1 Å². The van der Waals surface area contributed by atoms with E-state index in [2.05, 4.69) is 10.2 Å². The number of thioether (sulfide) groups is 1. The van der Waals surface area contributed by atoms with Crippen molar-refractivity contribution in [3.8, 4) is 11.5 Å². The Kier molecular flexibility index (Phi) is 5.84. The van der Waals surface area contributed by atoms with E-state index in [0.717, 1.165) is 31.5 Å². The topological polar surface area (TPSA) is 71.1 Å². The number of rotatable bonds is 6. The van der Waals surface area contributed by atoms with Crippen LogP contribution in [0.4, 0.5) is 0 Å². The number of benzene rings is 1. The summed E-state index contributed by atoms with van der Waals surface area (Å²) in [5.41, 5.74) is 0.851. The molecule has 3 heterocycles. The van der Waals surface area contributed by atoms with Gasteiger partial charge in [0.2, 0.25) is 12.7 Å². The van der Waals surface area contributed by atoms with Crippen LogP contribution in [0.25, 0.3) is 6.08 Å². The smallest absolute Gasteiger partial charge is 0.266 e. The molecule has 1 aromatic carbocycles. The molecule has 3 aliphatic heterocycles. The van der Waals surface area contributed by atoms with Crippen molar-refractivity contribution < 1.29 is 19.1 Å². The van der Waals surface area contributed by atoms with Crippen LogP contribution in [0, 0.1) is 0 Å². The van der Waals surface area contributed by atoms with Gasteiger partial charge in [0.25, 0.3) is 5.91 Å². The summed E-state index contributed by atoms with van der Waals surface area (Å²) >= 11 is 6.62. The van der Waals surface area contributed by atoms with Gasteiger partial charge in [0.05, 0.1) is 11.4 Å². The molecule has 0 bridgehead atoms. The quantitative estimate of drug-likeness (QED) is 0.557. The van der Waals surface area contributed by atoms with E-state index in [1.165, 1.54) is 16.7 Å². The zero-order valence-corrected chi connectivity index (χ0v) is 16.9. The number of fused-ring (bicyclic) bond motifs is 1. The van der Waals surface area contributed by atoms with Crippen LogP contribution in [0.2, 0.25) is 0 Å². The number of nitrogens with zero attached hydrogens (tertiary/aromatic N) is 2. The summed E-state index contributed by atoms with van der Waals surface area (Å²) in [6, 6.07) is 5.54. The lowest BCUT2D eigenvalue weighted by Gasteiger charge is -2.17. The Labute approximate surface area is 173 Å². The van der Waals surface area contributed by atoms with Crippen LogP contribution in [-0.4, -0.2) is 65.5 Å². The molecule has 9 heteroatoms. The van der Waals surface area contributed by atoms with Crippen molar-refractivity contribution in [3.63, 3.8) is 0 Å². The monoisotopic (exact) mass is 419 g/mol. The average molecular weight is 420 g/mol. The lowest BCUT2D eigenvalue weighted by atomic mass is 10.2. The molecule has 28 heavy (non-hydrogen) atoms. The summed E-state index contributed by atoms with van der Waals surface area (Å²) in [6.45, 7) is 3.34. The summed E-state index contributed by atoms with van der Waals surface area (Å²) in [7, 11) is 0. The van der Waals surface area contributed by atoms with E-state index in [4.69, 9.17) is 21.7 Å². The number of hydrogen-bond donors (Lipinski definition) is 1. The van der Waals surface area contributed by atoms with Crippen LogP contribution < -0.4 is 14.8 Å². The van der Waals surface area contributed by atoms with Gasteiger partial charge in [-0.05, 0) is 49.7 Å². The van der Waals surface area contributed by atoms with Gasteiger partial charge in [-0.2, -0.15) is 0 Å². The van der Waals surface area contributed by atoms with Gasteiger partial charge in [-0.3, -0.25) is 19.4 Å². The molecule has 0 saturated carbocycles. The molecule has 1 aromatic rings. The highest BCUT2D eigenvalue weighted by molar-refractivity contribution is 8.26. The van der Waals surface area contributed by atoms with Crippen molar-refractivity contribution in [2.75, 3.05) is 39.5 Å². The van der Waals surface area contributed by atoms with E-state index >= 15 is 0 Å². The lowest BCUT2D eigenvalue weighted by Crippen LogP contribution is -2.41. The van der Waals surface area contributed by atoms with Crippen LogP contribution in [0.1, 0.15) is 18.4 Å². The molecule has 0 atom stereocenters. The zero-order chi connectivity index (χ0) is 19.5. The minimum Gasteiger partial charge on any atom is -0.454 e. The second kappa shape index (κ2) is 8.50. The highest BCUT2D eigenvalue weighted by Gasteiger charge is 2.31. The molecule has 0 unspecified atom stereocenters. The first-order valence-corrected chi connectivity index (χ1v) is 10.5. The van der Waals surface area contributed by atoms with E-state index in [-0.39, 0.29) is 18.6 Å². The van der Waals surface area contributed by atoms with Crippen LogP contribution in [0.15, 0.2) is 23.1 Å². The number of amides is 2. The van der Waals surface area contributed by atoms with Crippen molar-refractivity contribution in [3.05, 3.63) is 28.7 Å². The molecular weight excluding hydrogens is 398 g/mol. The fourth-order valence-corrected chi connectivity index (χ4v) is 4.66. The molecule has 0 aliphatic carbocycles. The summed E-state index contributed by atoms with van der Waals surface area (Å²) in [6.07, 6.45) is 4.10. The predicted octanol–water partition coefficient (Wildman–Crippen LogP) is 1.83. The van der Waals surface area contributed by atoms with Gasteiger partial charge in [0.15, 0.2) is 11.5 Å². The number of likely N-dealkylation sites (tertiary alicyclic amines) is 1. The summed E-state index contributed by atoms with van der Waals surface area (Å²) in [5.74, 6) is 1.23. The third kappa shape index (κ3) is 4.31. The number of ether oxygens (including phenoxy) is 2. The third-order valence-corrected chi connectivity index (χ3v) is 6.17. The first-order valence-electron chi connectivity index (χ1n) is 9.24. The first kappa shape index (κ1) is 19.2. The van der Waals surface area contributed by atoms with Crippen molar-refractivity contribution in [1.82, 2.24) is 15.1 Å². The number of carbonyl (C=O) groups excluding carboxylic acids is 2. The van der Waals surface area contributed by atoms with E-state index in [1.807, 2.05) is 18.2 Å². The van der Waals surface area contributed by atoms with Crippen LogP contribution >= 0.6 is 24.0 Å². The Hall–Kier alpha value is -2.10. The molecule has 0 spiro atoms. The molecular formula is C19H21N3O4S2. The molecule has 7 nitrogen and oxygen atoms in total. The maximum atomic E-state index is 12.7. The summed E-state index contributed by atoms with van der Waals surface area (Å²) < 4.78 is 11.2. The second-order valence-electron chi connectivity index (χ2n) is 6.78. The van der Waals surface area contributed by atoms with Gasteiger partial charge >= 0.3 is 0 Å². The van der Waals surface area contributed by atoms with E-state index in [9.17, 15) is 9.59 Å². The molecule has 2 saturated heterocycles. The minimum atomic E-state index is -0.138. The van der Waals surface area contributed by atoms with Crippen molar-refractivity contribution in [2.45, 2.75) is 12.8 Å².